The Morgan fingerprint density at radius 2 is 1.94 bits per heavy atom. The second-order valence-electron chi connectivity index (χ2n) is 4.17. The van der Waals surface area contributed by atoms with E-state index in [-0.39, 0.29) is 0 Å². The molecule has 0 aliphatic rings. The van der Waals surface area contributed by atoms with E-state index in [2.05, 4.69) is 5.32 Å². The average molecular weight is 246 g/mol. The first-order chi connectivity index (χ1) is 7.90. The Hall–Kier alpha value is -1.14. The number of hydrogen-bond donors (Lipinski definition) is 4. The van der Waals surface area contributed by atoms with Gasteiger partial charge in [-0.05, 0) is 13.3 Å². The highest BCUT2D eigenvalue weighted by Crippen LogP contribution is 2.05. The van der Waals surface area contributed by atoms with E-state index in [4.69, 9.17) is 10.8 Å². The van der Waals surface area contributed by atoms with Gasteiger partial charge in [0.2, 0.25) is 0 Å². The Kier molecular flexibility index (Phi) is 7.49. The van der Waals surface area contributed by atoms with Gasteiger partial charge in [-0.2, -0.15) is 0 Å². The van der Waals surface area contributed by atoms with Crippen molar-refractivity contribution in [3.8, 4) is 0 Å². The zero-order valence-corrected chi connectivity index (χ0v) is 10.3. The zero-order chi connectivity index (χ0) is 13.4. The van der Waals surface area contributed by atoms with E-state index in [0.717, 1.165) is 19.3 Å². The summed E-state index contributed by atoms with van der Waals surface area (Å²) in [5.41, 5.74) is 5.65. The normalized spacial score (nSPS) is 16.0. The first-order valence-electron chi connectivity index (χ1n) is 5.87. The molecule has 0 saturated heterocycles. The van der Waals surface area contributed by atoms with Crippen molar-refractivity contribution in [3.63, 3.8) is 0 Å². The Balaban J connectivity index is 4.06. The van der Waals surface area contributed by atoms with E-state index in [1.54, 1.807) is 0 Å². The van der Waals surface area contributed by atoms with Crippen LogP contribution in [0.15, 0.2) is 0 Å². The zero-order valence-electron chi connectivity index (χ0n) is 10.3. The fraction of sp³-hybridized carbons (Fsp3) is 0.818. The van der Waals surface area contributed by atoms with Crippen LogP contribution in [0.4, 0.5) is 0 Å². The third-order valence-electron chi connectivity index (χ3n) is 2.54. The van der Waals surface area contributed by atoms with Crippen molar-refractivity contribution in [2.24, 2.45) is 5.73 Å². The van der Waals surface area contributed by atoms with E-state index in [1.807, 2.05) is 6.92 Å². The second-order valence-corrected chi connectivity index (χ2v) is 4.17. The number of unbranched alkanes of at least 4 members (excludes halogenated alkanes) is 2. The van der Waals surface area contributed by atoms with Gasteiger partial charge in [0.05, 0.1) is 0 Å². The molecule has 0 aromatic rings. The Bertz CT molecular complexity index is 258. The summed E-state index contributed by atoms with van der Waals surface area (Å²) in [5.74, 6) is -1.88. The van der Waals surface area contributed by atoms with Crippen molar-refractivity contribution in [3.05, 3.63) is 0 Å². The van der Waals surface area contributed by atoms with Crippen LogP contribution in [-0.4, -0.2) is 40.3 Å². The van der Waals surface area contributed by atoms with Crippen molar-refractivity contribution in [1.82, 2.24) is 5.32 Å². The monoisotopic (exact) mass is 246 g/mol. The summed E-state index contributed by atoms with van der Waals surface area (Å²) >= 11 is 0. The fourth-order valence-corrected chi connectivity index (χ4v) is 1.34. The molecule has 0 spiro atoms. The highest BCUT2D eigenvalue weighted by atomic mass is 16.4. The van der Waals surface area contributed by atoms with Gasteiger partial charge < -0.3 is 21.3 Å². The van der Waals surface area contributed by atoms with Gasteiger partial charge in [-0.3, -0.25) is 9.59 Å². The van der Waals surface area contributed by atoms with Crippen LogP contribution in [0, 0.1) is 0 Å². The fourth-order valence-electron chi connectivity index (χ4n) is 1.34. The van der Waals surface area contributed by atoms with E-state index in [9.17, 15) is 14.7 Å². The van der Waals surface area contributed by atoms with Gasteiger partial charge in [-0.25, -0.2) is 0 Å². The molecule has 0 aliphatic carbocycles. The van der Waals surface area contributed by atoms with Crippen LogP contribution in [0.5, 0.6) is 0 Å². The van der Waals surface area contributed by atoms with Crippen molar-refractivity contribution in [1.29, 1.82) is 0 Å². The van der Waals surface area contributed by atoms with Crippen LogP contribution in [0.25, 0.3) is 0 Å². The van der Waals surface area contributed by atoms with Gasteiger partial charge in [-0.1, -0.05) is 26.2 Å². The van der Waals surface area contributed by atoms with Crippen molar-refractivity contribution in [2.75, 3.05) is 0 Å². The van der Waals surface area contributed by atoms with Crippen molar-refractivity contribution < 1.29 is 19.8 Å². The summed E-state index contributed by atoms with van der Waals surface area (Å²) in [6, 6.07) is -1.68. The molecule has 5 N–H and O–H groups in total. The molecule has 0 aromatic heterocycles. The van der Waals surface area contributed by atoms with Gasteiger partial charge in [0.1, 0.15) is 12.1 Å². The molecule has 0 aromatic carbocycles. The quantitative estimate of drug-likeness (QED) is 0.445. The minimum atomic E-state index is -1.35. The van der Waals surface area contributed by atoms with Crippen LogP contribution in [0.1, 0.15) is 39.5 Å². The molecule has 0 saturated carbocycles. The van der Waals surface area contributed by atoms with Crippen molar-refractivity contribution >= 4 is 11.9 Å². The predicted octanol–water partition coefficient (Wildman–Crippen LogP) is -0.156. The standard InChI is InChI=1S/C11H22N2O4/c1-3-4-5-6-8(12)9(14)10(15)13-7(2)11(16)17/h7-9,14H,3-6,12H2,1-2H3,(H,13,15)(H,16,17)/t7-,8+,9-/m0/s1. The van der Waals surface area contributed by atoms with Crippen LogP contribution < -0.4 is 11.1 Å². The number of amides is 1. The molecule has 0 bridgehead atoms. The number of aliphatic carboxylic acids is 1. The summed E-state index contributed by atoms with van der Waals surface area (Å²) in [6.07, 6.45) is 2.06. The maximum atomic E-state index is 11.4. The molecular weight excluding hydrogens is 224 g/mol. The minimum absolute atomic E-state index is 0.546. The largest absolute Gasteiger partial charge is 0.480 e. The minimum Gasteiger partial charge on any atom is -0.480 e. The summed E-state index contributed by atoms with van der Waals surface area (Å²) in [6.45, 7) is 3.37. The first kappa shape index (κ1) is 15.9. The smallest absolute Gasteiger partial charge is 0.325 e. The number of aliphatic hydroxyl groups excluding tert-OH is 1. The SMILES string of the molecule is CCCCC[C@@H](N)[C@H](O)C(=O)N[C@@H](C)C(=O)O. The molecule has 0 heterocycles. The van der Waals surface area contributed by atoms with Gasteiger partial charge in [0.15, 0.2) is 0 Å². The summed E-state index contributed by atoms with van der Waals surface area (Å²) in [5, 5.41) is 20.4. The maximum Gasteiger partial charge on any atom is 0.325 e. The molecule has 0 unspecified atom stereocenters. The number of rotatable bonds is 8. The van der Waals surface area contributed by atoms with Gasteiger partial charge in [0.25, 0.3) is 5.91 Å². The van der Waals surface area contributed by atoms with Crippen LogP contribution in [0.2, 0.25) is 0 Å². The topological polar surface area (TPSA) is 113 Å². The van der Waals surface area contributed by atoms with Gasteiger partial charge >= 0.3 is 5.97 Å². The average Bonchev–Trinajstić information content (AvgIpc) is 2.27. The lowest BCUT2D eigenvalue weighted by molar-refractivity contribution is -0.143. The highest BCUT2D eigenvalue weighted by Gasteiger charge is 2.25. The Morgan fingerprint density at radius 1 is 1.35 bits per heavy atom. The molecule has 6 nitrogen and oxygen atoms in total. The van der Waals surface area contributed by atoms with Crippen LogP contribution in [-0.2, 0) is 9.59 Å². The summed E-state index contributed by atoms with van der Waals surface area (Å²) in [4.78, 5) is 21.9. The molecular formula is C11H22N2O4. The number of carbonyl (C=O) groups is 2. The molecule has 0 aliphatic heterocycles. The summed E-state index contributed by atoms with van der Waals surface area (Å²) < 4.78 is 0. The van der Waals surface area contributed by atoms with Crippen molar-refractivity contribution in [2.45, 2.75) is 57.7 Å². The molecule has 6 heteroatoms. The number of nitrogens with one attached hydrogen (secondary N) is 1. The van der Waals surface area contributed by atoms with Gasteiger partial charge in [0, 0.05) is 6.04 Å². The highest BCUT2D eigenvalue weighted by molar-refractivity contribution is 5.86. The van der Waals surface area contributed by atoms with Crippen LogP contribution >= 0.6 is 0 Å². The van der Waals surface area contributed by atoms with E-state index in [1.165, 1.54) is 6.92 Å². The lowest BCUT2D eigenvalue weighted by Gasteiger charge is -2.19. The number of aliphatic hydroxyl groups is 1. The number of nitrogens with two attached hydrogens (primary N) is 1. The molecule has 0 fully saturated rings. The van der Waals surface area contributed by atoms with E-state index in [0.29, 0.717) is 6.42 Å². The molecule has 17 heavy (non-hydrogen) atoms. The predicted molar refractivity (Wildman–Crippen MR) is 63.4 cm³/mol. The summed E-state index contributed by atoms with van der Waals surface area (Å²) in [7, 11) is 0. The molecule has 100 valence electrons. The lowest BCUT2D eigenvalue weighted by atomic mass is 10.0. The van der Waals surface area contributed by atoms with E-state index >= 15 is 0 Å². The van der Waals surface area contributed by atoms with Crippen LogP contribution in [0.3, 0.4) is 0 Å². The molecule has 0 radical (unpaired) electrons. The lowest BCUT2D eigenvalue weighted by Crippen LogP contribution is -2.50. The number of carbonyl (C=O) groups excluding carboxylic acids is 1. The first-order valence-corrected chi connectivity index (χ1v) is 5.87. The van der Waals surface area contributed by atoms with Gasteiger partial charge in [-0.15, -0.1) is 0 Å². The Labute approximate surface area is 101 Å². The third kappa shape index (κ3) is 6.23. The number of carboxylic acids is 1. The molecule has 0 rings (SSSR count). The second kappa shape index (κ2) is 8.03. The number of carboxylic acid groups (broad SMARTS) is 1. The maximum absolute atomic E-state index is 11.4. The van der Waals surface area contributed by atoms with E-state index < -0.39 is 30.1 Å². The molecule has 1 amide bonds. The number of hydrogen-bond acceptors (Lipinski definition) is 4. The third-order valence-corrected chi connectivity index (χ3v) is 2.54. The Morgan fingerprint density at radius 3 is 2.41 bits per heavy atom. The molecule has 3 atom stereocenters.